The standard InChI is InChI=1S/C16H25N5O15P2.C7H14O5/c1-4-7(22)9(24)11(26)15(33-4)35-38(30,31)36-37(28,29)32-2-5-8(23)10(25)14(34-5)21-3-18-6-12(21)19-16(17)20-13(6)27;1-3-5(9)7(11)6(10)4(2-8)12-3/h3-5,7-11,14-15,22-26H,2H2,1H3,(H,28,29)(H,30,31)(H3,17,19,20,27);3-11H,2H2,1H3/p-2/t4?,5-,7-,8+,9+,10?,11?,14-,15-;3?,4?,5-,6+,7+/m10/s1. The summed E-state index contributed by atoms with van der Waals surface area (Å²) in [5.74, 6) is -0.280. The Morgan fingerprint density at radius 2 is 1.44 bits per heavy atom. The Morgan fingerprint density at radius 3 is 2.06 bits per heavy atom. The minimum atomic E-state index is -5.82. The van der Waals surface area contributed by atoms with Crippen molar-refractivity contribution in [2.45, 2.75) is 99.6 Å². The average Bonchev–Trinajstić information content (AvgIpc) is 3.58. The molecule has 27 heteroatoms. The normalized spacial score (nSPS) is 40.1. The molecule has 2 aromatic heterocycles. The van der Waals surface area contributed by atoms with Crippen molar-refractivity contribution in [2.75, 3.05) is 18.9 Å². The van der Waals surface area contributed by atoms with Gasteiger partial charge in [-0.3, -0.25) is 28.0 Å². The number of phosphoric ester groups is 2. The molecule has 5 heterocycles. The third kappa shape index (κ3) is 8.92. The lowest BCUT2D eigenvalue weighted by atomic mass is 9.96. The molecule has 0 aromatic carbocycles. The topological polar surface area (TPSA) is 407 Å². The molecule has 3 aliphatic rings. The molecule has 7 unspecified atom stereocenters. The smallest absolute Gasteiger partial charge is 0.280 e. The Morgan fingerprint density at radius 1 is 0.860 bits per heavy atom. The number of anilines is 1. The van der Waals surface area contributed by atoms with E-state index < -0.39 is 114 Å². The molecule has 3 fully saturated rings. The van der Waals surface area contributed by atoms with Gasteiger partial charge in [0.05, 0.1) is 31.7 Å². The highest BCUT2D eigenvalue weighted by Gasteiger charge is 2.46. The number of hydrogen-bond donors (Lipinski definition) is 11. The number of nitrogens with zero attached hydrogens (tertiary/aromatic N) is 3. The van der Waals surface area contributed by atoms with E-state index in [1.54, 1.807) is 6.92 Å². The molecule has 12 N–H and O–H groups in total. The van der Waals surface area contributed by atoms with Crippen LogP contribution in [-0.4, -0.2) is 158 Å². The zero-order valence-corrected chi connectivity index (χ0v) is 27.7. The number of phosphoric acid groups is 2. The van der Waals surface area contributed by atoms with Crippen LogP contribution >= 0.6 is 15.6 Å². The Kier molecular flexibility index (Phi) is 12.9. The number of hydrogen-bond acceptors (Lipinski definition) is 23. The Balaban J connectivity index is 0.000000396. The molecule has 0 amide bonds. The van der Waals surface area contributed by atoms with Crippen LogP contribution in [0.2, 0.25) is 0 Å². The summed E-state index contributed by atoms with van der Waals surface area (Å²) in [6.07, 6.45) is -19.2. The van der Waals surface area contributed by atoms with Crippen molar-refractivity contribution < 1.29 is 92.4 Å². The molecule has 0 aliphatic carbocycles. The molecule has 0 radical (unpaired) electrons. The summed E-state index contributed by atoms with van der Waals surface area (Å²) in [6, 6.07) is 0. The first kappa shape index (κ1) is 40.7. The Labute approximate surface area is 280 Å². The highest BCUT2D eigenvalue weighted by Crippen LogP contribution is 2.57. The number of aromatic nitrogens is 4. The van der Waals surface area contributed by atoms with Crippen LogP contribution in [0.5, 0.6) is 0 Å². The van der Waals surface area contributed by atoms with Gasteiger partial charge in [-0.25, -0.2) is 9.29 Å². The van der Waals surface area contributed by atoms with E-state index in [-0.39, 0.29) is 23.7 Å². The van der Waals surface area contributed by atoms with Gasteiger partial charge in [0.1, 0.15) is 61.0 Å². The summed E-state index contributed by atoms with van der Waals surface area (Å²) >= 11 is 0. The van der Waals surface area contributed by atoms with Gasteiger partial charge in [0, 0.05) is 0 Å². The van der Waals surface area contributed by atoms with Crippen LogP contribution < -0.4 is 21.1 Å². The number of nitrogens with two attached hydrogens (primary N) is 1. The SMILES string of the molecule is CC1OC(CO)[C@@H](O)[C@H](O)[C@H]1O.CC1O[C@H](OP(=O)([O-])OP(=O)([O-])OC[C@H]2O[C@@H](n3cnc4c(=O)[nH]c(N)nc43)C(O)[C@H]2O)C(O)[C@@H](O)[C@@H]1O. The summed E-state index contributed by atoms with van der Waals surface area (Å²) in [7, 11) is -11.6. The molecule has 286 valence electrons. The predicted molar refractivity (Wildman–Crippen MR) is 154 cm³/mol. The third-order valence-corrected chi connectivity index (χ3v) is 10.4. The third-order valence-electron chi connectivity index (χ3n) is 7.83. The van der Waals surface area contributed by atoms with Gasteiger partial charge in [0.25, 0.3) is 21.2 Å². The number of imidazole rings is 1. The molecule has 50 heavy (non-hydrogen) atoms. The van der Waals surface area contributed by atoms with Gasteiger partial charge < -0.3 is 80.2 Å². The lowest BCUT2D eigenvalue weighted by Gasteiger charge is -2.41. The van der Waals surface area contributed by atoms with Crippen molar-refractivity contribution in [3.8, 4) is 0 Å². The van der Waals surface area contributed by atoms with Crippen LogP contribution in [0, 0.1) is 0 Å². The number of aromatic amines is 1. The van der Waals surface area contributed by atoms with Crippen LogP contribution in [0.15, 0.2) is 11.1 Å². The Bertz CT molecular complexity index is 1610. The maximum absolute atomic E-state index is 12.1. The molecule has 0 spiro atoms. The molecule has 0 bridgehead atoms. The number of rotatable bonds is 9. The van der Waals surface area contributed by atoms with E-state index >= 15 is 0 Å². The van der Waals surface area contributed by atoms with Crippen LogP contribution in [0.25, 0.3) is 11.2 Å². The summed E-state index contributed by atoms with van der Waals surface area (Å²) in [5, 5.41) is 86.2. The minimum absolute atomic E-state index is 0.120. The van der Waals surface area contributed by atoms with Crippen LogP contribution in [0.3, 0.4) is 0 Å². The molecular weight excluding hydrogens is 728 g/mol. The van der Waals surface area contributed by atoms with Crippen molar-refractivity contribution in [3.05, 3.63) is 16.7 Å². The minimum Gasteiger partial charge on any atom is -0.756 e. The molecule has 16 atom stereocenters. The second-order valence-corrected chi connectivity index (χ2v) is 14.3. The van der Waals surface area contributed by atoms with Gasteiger partial charge in [-0.05, 0) is 13.8 Å². The first-order chi connectivity index (χ1) is 23.2. The van der Waals surface area contributed by atoms with Crippen molar-refractivity contribution in [2.24, 2.45) is 0 Å². The van der Waals surface area contributed by atoms with Crippen LogP contribution in [0.1, 0.15) is 20.1 Å². The summed E-state index contributed by atoms with van der Waals surface area (Å²) < 4.78 is 53.3. The number of nitrogen functional groups attached to an aromatic ring is 1. The fraction of sp³-hybridized carbons (Fsp3) is 0.783. The van der Waals surface area contributed by atoms with E-state index in [9.17, 15) is 64.6 Å². The fourth-order valence-corrected chi connectivity index (χ4v) is 7.15. The summed E-state index contributed by atoms with van der Waals surface area (Å²) in [5.41, 5.74) is 4.52. The summed E-state index contributed by atoms with van der Waals surface area (Å²) in [4.78, 5) is 46.1. The maximum atomic E-state index is 12.1. The molecular formula is C23H37N5O20P2-2. The molecule has 3 saturated heterocycles. The molecule has 2 aromatic rings. The Hall–Kier alpha value is -2.07. The van der Waals surface area contributed by atoms with Crippen molar-refractivity contribution in [1.82, 2.24) is 19.5 Å². The fourth-order valence-electron chi connectivity index (χ4n) is 5.07. The number of aliphatic hydroxyl groups is 9. The monoisotopic (exact) mass is 765 g/mol. The maximum Gasteiger partial charge on any atom is 0.280 e. The number of H-pyrrole nitrogens is 1. The zero-order chi connectivity index (χ0) is 37.5. The molecule has 5 rings (SSSR count). The lowest BCUT2D eigenvalue weighted by Crippen LogP contribution is -2.57. The van der Waals surface area contributed by atoms with E-state index in [0.717, 1.165) is 10.9 Å². The second-order valence-electron chi connectivity index (χ2n) is 11.4. The number of fused-ring (bicyclic) bond motifs is 1. The second kappa shape index (κ2) is 15.9. The van der Waals surface area contributed by atoms with Crippen LogP contribution in [-0.2, 0) is 36.7 Å². The van der Waals surface area contributed by atoms with E-state index in [0.29, 0.717) is 0 Å². The van der Waals surface area contributed by atoms with Crippen molar-refractivity contribution in [1.29, 1.82) is 0 Å². The van der Waals surface area contributed by atoms with Crippen molar-refractivity contribution >= 4 is 32.8 Å². The molecule has 0 saturated carbocycles. The average molecular weight is 766 g/mol. The van der Waals surface area contributed by atoms with Crippen LogP contribution in [0.4, 0.5) is 5.95 Å². The van der Waals surface area contributed by atoms with Gasteiger partial charge in [-0.2, -0.15) is 4.98 Å². The van der Waals surface area contributed by atoms with Gasteiger partial charge in [-0.1, -0.05) is 0 Å². The van der Waals surface area contributed by atoms with E-state index in [4.69, 9.17) is 25.1 Å². The van der Waals surface area contributed by atoms with Gasteiger partial charge in [0.2, 0.25) is 5.95 Å². The lowest BCUT2D eigenvalue weighted by molar-refractivity contribution is -0.299. The van der Waals surface area contributed by atoms with Crippen molar-refractivity contribution in [3.63, 3.8) is 0 Å². The van der Waals surface area contributed by atoms with Gasteiger partial charge in [-0.15, -0.1) is 0 Å². The number of ether oxygens (including phenoxy) is 3. The highest BCUT2D eigenvalue weighted by molar-refractivity contribution is 7.59. The predicted octanol–water partition coefficient (Wildman–Crippen LogP) is -7.02. The first-order valence-electron chi connectivity index (χ1n) is 14.6. The number of aliphatic hydroxyl groups excluding tert-OH is 9. The van der Waals surface area contributed by atoms with Gasteiger partial charge in [0.15, 0.2) is 23.7 Å². The quantitative estimate of drug-likeness (QED) is 0.106. The zero-order valence-electron chi connectivity index (χ0n) is 25.9. The molecule has 3 aliphatic heterocycles. The largest absolute Gasteiger partial charge is 0.756 e. The summed E-state index contributed by atoms with van der Waals surface area (Å²) in [6.45, 7) is 1.37. The van der Waals surface area contributed by atoms with E-state index in [2.05, 4.69) is 28.3 Å². The molecule has 25 nitrogen and oxygen atoms in total. The van der Waals surface area contributed by atoms with Gasteiger partial charge >= 0.3 is 0 Å². The number of nitrogens with one attached hydrogen (secondary N) is 1. The van der Waals surface area contributed by atoms with E-state index in [1.807, 2.05) is 0 Å². The van der Waals surface area contributed by atoms with E-state index in [1.165, 1.54) is 6.92 Å². The first-order valence-corrected chi connectivity index (χ1v) is 17.5. The highest BCUT2D eigenvalue weighted by atomic mass is 31.3.